The highest BCUT2D eigenvalue weighted by Crippen LogP contribution is 2.31. The van der Waals surface area contributed by atoms with Crippen molar-refractivity contribution >= 4 is 32.6 Å². The fourth-order valence-electron chi connectivity index (χ4n) is 2.34. The molecule has 2 aromatic rings. The third-order valence-corrected chi connectivity index (χ3v) is 4.60. The van der Waals surface area contributed by atoms with Crippen molar-refractivity contribution in [3.8, 4) is 0 Å². The lowest BCUT2D eigenvalue weighted by Crippen LogP contribution is -2.39. The van der Waals surface area contributed by atoms with Crippen LogP contribution in [0.2, 0.25) is 0 Å². The Balaban J connectivity index is 1.88. The van der Waals surface area contributed by atoms with Crippen LogP contribution in [0.3, 0.4) is 0 Å². The Kier molecular flexibility index (Phi) is 3.22. The van der Waals surface area contributed by atoms with Crippen LogP contribution < -0.4 is 5.32 Å². The number of carbonyl (C=O) groups is 1. The molecule has 1 saturated heterocycles. The summed E-state index contributed by atoms with van der Waals surface area (Å²) >= 11 is 1.34. The van der Waals surface area contributed by atoms with Crippen LogP contribution in [-0.4, -0.2) is 23.1 Å². The summed E-state index contributed by atoms with van der Waals surface area (Å²) in [5, 5.41) is 3.26. The van der Waals surface area contributed by atoms with Gasteiger partial charge in [-0.15, -0.1) is 0 Å². The number of rotatable bonds is 2. The molecule has 1 unspecified atom stereocenters. The van der Waals surface area contributed by atoms with E-state index in [0.29, 0.717) is 29.2 Å². The first-order valence-corrected chi connectivity index (χ1v) is 7.32. The second-order valence-electron chi connectivity index (χ2n) is 5.18. The monoisotopic (exact) mass is 294 g/mol. The van der Waals surface area contributed by atoms with Crippen LogP contribution in [0.1, 0.15) is 25.3 Å². The molecule has 1 aromatic heterocycles. The minimum Gasteiger partial charge on any atom is -0.365 e. The standard InChI is InChI=1S/C14H15FN2O2S/c1-8-9(15)4-5-10-11(8)16-13(20-10)17-12(18)14(2)6-3-7-19-14/h4-5H,3,6-7H2,1-2H3,(H,16,17,18). The van der Waals surface area contributed by atoms with Crippen molar-refractivity contribution in [2.24, 2.45) is 0 Å². The van der Waals surface area contributed by atoms with Crippen LogP contribution in [0.15, 0.2) is 12.1 Å². The second kappa shape index (κ2) is 4.79. The van der Waals surface area contributed by atoms with Gasteiger partial charge in [-0.05, 0) is 38.8 Å². The highest BCUT2D eigenvalue weighted by Gasteiger charge is 2.38. The predicted molar refractivity (Wildman–Crippen MR) is 76.5 cm³/mol. The van der Waals surface area contributed by atoms with Gasteiger partial charge in [-0.2, -0.15) is 0 Å². The minimum atomic E-state index is -0.780. The van der Waals surface area contributed by atoms with Gasteiger partial charge in [0.25, 0.3) is 5.91 Å². The highest BCUT2D eigenvalue weighted by atomic mass is 32.1. The Bertz CT molecular complexity index is 677. The Labute approximate surface area is 120 Å². The molecule has 4 nitrogen and oxygen atoms in total. The second-order valence-corrected chi connectivity index (χ2v) is 6.21. The summed E-state index contributed by atoms with van der Waals surface area (Å²) in [6, 6.07) is 3.10. The number of nitrogens with one attached hydrogen (secondary N) is 1. The topological polar surface area (TPSA) is 51.2 Å². The molecular formula is C14H15FN2O2S. The first-order valence-electron chi connectivity index (χ1n) is 6.51. The average molecular weight is 294 g/mol. The summed E-state index contributed by atoms with van der Waals surface area (Å²) in [5.41, 5.74) is 0.323. The molecule has 1 aromatic carbocycles. The molecule has 0 aliphatic carbocycles. The minimum absolute atomic E-state index is 0.188. The van der Waals surface area contributed by atoms with E-state index in [1.54, 1.807) is 19.9 Å². The van der Waals surface area contributed by atoms with E-state index in [1.807, 2.05) is 0 Å². The Morgan fingerprint density at radius 2 is 2.35 bits per heavy atom. The van der Waals surface area contributed by atoms with E-state index in [0.717, 1.165) is 11.1 Å². The van der Waals surface area contributed by atoms with Crippen molar-refractivity contribution in [2.75, 3.05) is 11.9 Å². The zero-order valence-electron chi connectivity index (χ0n) is 11.3. The molecule has 1 aliphatic rings. The first-order chi connectivity index (χ1) is 9.49. The van der Waals surface area contributed by atoms with Gasteiger partial charge in [-0.25, -0.2) is 9.37 Å². The summed E-state index contributed by atoms with van der Waals surface area (Å²) in [6.07, 6.45) is 1.59. The molecule has 1 amide bonds. The maximum absolute atomic E-state index is 13.5. The van der Waals surface area contributed by atoms with E-state index >= 15 is 0 Å². The number of hydrogen-bond acceptors (Lipinski definition) is 4. The third kappa shape index (κ3) is 2.19. The number of aromatic nitrogens is 1. The van der Waals surface area contributed by atoms with Crippen LogP contribution in [0, 0.1) is 12.7 Å². The largest absolute Gasteiger partial charge is 0.365 e. The molecule has 106 valence electrons. The Hall–Kier alpha value is -1.53. The lowest BCUT2D eigenvalue weighted by atomic mass is 10.0. The molecule has 6 heteroatoms. The van der Waals surface area contributed by atoms with Crippen LogP contribution >= 0.6 is 11.3 Å². The van der Waals surface area contributed by atoms with Crippen molar-refractivity contribution in [3.05, 3.63) is 23.5 Å². The van der Waals surface area contributed by atoms with Crippen LogP contribution in [-0.2, 0) is 9.53 Å². The number of carbonyl (C=O) groups excluding carboxylic acids is 1. The summed E-state index contributed by atoms with van der Waals surface area (Å²) in [7, 11) is 0. The molecular weight excluding hydrogens is 279 g/mol. The van der Waals surface area contributed by atoms with Gasteiger partial charge in [0.1, 0.15) is 11.4 Å². The van der Waals surface area contributed by atoms with Crippen LogP contribution in [0.4, 0.5) is 9.52 Å². The van der Waals surface area contributed by atoms with E-state index in [9.17, 15) is 9.18 Å². The zero-order chi connectivity index (χ0) is 14.3. The summed E-state index contributed by atoms with van der Waals surface area (Å²) in [4.78, 5) is 16.5. The first kappa shape index (κ1) is 13.5. The number of anilines is 1. The molecule has 0 spiro atoms. The smallest absolute Gasteiger partial charge is 0.258 e. The van der Waals surface area contributed by atoms with Crippen molar-refractivity contribution < 1.29 is 13.9 Å². The number of benzene rings is 1. The fraction of sp³-hybridized carbons (Fsp3) is 0.429. The number of halogens is 1. The molecule has 1 aliphatic heterocycles. The number of nitrogens with zero attached hydrogens (tertiary/aromatic N) is 1. The van der Waals surface area contributed by atoms with Crippen molar-refractivity contribution in [1.29, 1.82) is 0 Å². The number of amides is 1. The molecule has 2 heterocycles. The number of hydrogen-bond donors (Lipinski definition) is 1. The molecule has 0 bridgehead atoms. The van der Waals surface area contributed by atoms with Gasteiger partial charge in [0.15, 0.2) is 5.13 Å². The zero-order valence-corrected chi connectivity index (χ0v) is 12.1. The van der Waals surface area contributed by atoms with E-state index in [-0.39, 0.29) is 11.7 Å². The van der Waals surface area contributed by atoms with E-state index in [2.05, 4.69) is 10.3 Å². The lowest BCUT2D eigenvalue weighted by Gasteiger charge is -2.20. The molecule has 0 saturated carbocycles. The maximum atomic E-state index is 13.5. The predicted octanol–water partition coefficient (Wildman–Crippen LogP) is 3.25. The quantitative estimate of drug-likeness (QED) is 0.925. The van der Waals surface area contributed by atoms with Gasteiger partial charge in [0.2, 0.25) is 0 Å². The summed E-state index contributed by atoms with van der Waals surface area (Å²) < 4.78 is 19.8. The molecule has 1 N–H and O–H groups in total. The van der Waals surface area contributed by atoms with Gasteiger partial charge in [-0.3, -0.25) is 10.1 Å². The molecule has 20 heavy (non-hydrogen) atoms. The normalized spacial score (nSPS) is 22.4. The average Bonchev–Trinajstić information content (AvgIpc) is 3.02. The molecule has 1 fully saturated rings. The van der Waals surface area contributed by atoms with Gasteiger partial charge < -0.3 is 4.74 Å². The highest BCUT2D eigenvalue weighted by molar-refractivity contribution is 7.22. The summed E-state index contributed by atoms with van der Waals surface area (Å²) in [6.45, 7) is 4.08. The van der Waals surface area contributed by atoms with Gasteiger partial charge in [-0.1, -0.05) is 11.3 Å². The fourth-order valence-corrected chi connectivity index (χ4v) is 3.26. The van der Waals surface area contributed by atoms with Crippen molar-refractivity contribution in [3.63, 3.8) is 0 Å². The van der Waals surface area contributed by atoms with Crippen molar-refractivity contribution in [1.82, 2.24) is 4.98 Å². The Morgan fingerprint density at radius 1 is 1.55 bits per heavy atom. The van der Waals surface area contributed by atoms with Crippen molar-refractivity contribution in [2.45, 2.75) is 32.3 Å². The number of ether oxygens (including phenoxy) is 1. The number of thiazole rings is 1. The van der Waals surface area contributed by atoms with E-state index in [1.165, 1.54) is 17.4 Å². The van der Waals surface area contributed by atoms with E-state index in [4.69, 9.17) is 4.74 Å². The van der Waals surface area contributed by atoms with Gasteiger partial charge in [0.05, 0.1) is 10.2 Å². The SMILES string of the molecule is Cc1c(F)ccc2sc(NC(=O)C3(C)CCCO3)nc12. The molecule has 3 rings (SSSR count). The number of aryl methyl sites for hydroxylation is 1. The Morgan fingerprint density at radius 3 is 3.05 bits per heavy atom. The van der Waals surface area contributed by atoms with Gasteiger partial charge in [0, 0.05) is 12.2 Å². The lowest BCUT2D eigenvalue weighted by molar-refractivity contribution is -0.133. The van der Waals surface area contributed by atoms with E-state index < -0.39 is 5.60 Å². The molecule has 1 atom stereocenters. The summed E-state index contributed by atoms with van der Waals surface area (Å²) in [5.74, 6) is -0.473. The van der Waals surface area contributed by atoms with Gasteiger partial charge >= 0.3 is 0 Å². The van der Waals surface area contributed by atoms with Crippen LogP contribution in [0.25, 0.3) is 10.2 Å². The maximum Gasteiger partial charge on any atom is 0.258 e. The number of fused-ring (bicyclic) bond motifs is 1. The third-order valence-electron chi connectivity index (χ3n) is 3.67. The van der Waals surface area contributed by atoms with Crippen LogP contribution in [0.5, 0.6) is 0 Å². The molecule has 0 radical (unpaired) electrons.